The highest BCUT2D eigenvalue weighted by atomic mass is 15.1. The maximum atomic E-state index is 2.54. The Balaban J connectivity index is 1.42. The highest BCUT2D eigenvalue weighted by molar-refractivity contribution is 6.09. The van der Waals surface area contributed by atoms with Gasteiger partial charge in [0.05, 0.1) is 11.4 Å². The topological polar surface area (TPSA) is 3.24 Å². The smallest absolute Gasteiger partial charge is 0.0540 e. The first-order chi connectivity index (χ1) is 29.8. The summed E-state index contributed by atoms with van der Waals surface area (Å²) in [6.45, 7) is 27.9. The van der Waals surface area contributed by atoms with Gasteiger partial charge in [-0.25, -0.2) is 0 Å². The molecule has 0 spiro atoms. The second-order valence-corrected chi connectivity index (χ2v) is 21.6. The molecule has 0 atom stereocenters. The maximum absolute atomic E-state index is 2.54. The number of anilines is 3. The summed E-state index contributed by atoms with van der Waals surface area (Å²) in [5.41, 5.74) is 18.3. The van der Waals surface area contributed by atoms with Gasteiger partial charge in [-0.1, -0.05) is 235 Å². The number of rotatable bonds is 7. The van der Waals surface area contributed by atoms with Crippen LogP contribution >= 0.6 is 0 Å². The van der Waals surface area contributed by atoms with Crippen molar-refractivity contribution in [1.82, 2.24) is 0 Å². The molecule has 0 saturated carbocycles. The predicted octanol–water partition coefficient (Wildman–Crippen LogP) is 18.2. The molecule has 8 aromatic rings. The van der Waals surface area contributed by atoms with Crippen LogP contribution in [0, 0.1) is 0 Å². The molecule has 0 fully saturated rings. The second-order valence-electron chi connectivity index (χ2n) is 21.6. The SMILES string of the molecule is CC(C)(C)c1cc(-c2cccc3cccc(-c4ccccc4N(c4cc(C(C)(C)C)cc(C(C)(C)C)c4)c4ccccc4-c4ccc(-c5ccccc5)cc4)c23)cc(C(C)(C)C)c1. The lowest BCUT2D eigenvalue weighted by molar-refractivity contribution is 0.568. The monoisotopic (exact) mass is 824 g/mol. The van der Waals surface area contributed by atoms with Gasteiger partial charge in [-0.2, -0.15) is 0 Å². The average Bonchev–Trinajstić information content (AvgIpc) is 3.25. The number of fused-ring (bicyclic) bond motifs is 1. The van der Waals surface area contributed by atoms with Crippen molar-refractivity contribution < 1.29 is 0 Å². The normalized spacial score (nSPS) is 12.4. The van der Waals surface area contributed by atoms with Crippen molar-refractivity contribution in [2.75, 3.05) is 4.90 Å². The van der Waals surface area contributed by atoms with Crippen molar-refractivity contribution in [3.8, 4) is 44.5 Å². The van der Waals surface area contributed by atoms with Gasteiger partial charge in [-0.15, -0.1) is 0 Å². The third kappa shape index (κ3) is 9.03. The van der Waals surface area contributed by atoms with Crippen molar-refractivity contribution in [2.45, 2.75) is 105 Å². The van der Waals surface area contributed by atoms with Gasteiger partial charge >= 0.3 is 0 Å². The van der Waals surface area contributed by atoms with Gasteiger partial charge in [0.15, 0.2) is 0 Å². The molecule has 0 saturated heterocycles. The summed E-state index contributed by atoms with van der Waals surface area (Å²) in [6.07, 6.45) is 0. The van der Waals surface area contributed by atoms with Crippen LogP contribution in [-0.2, 0) is 21.7 Å². The molecule has 0 bridgehead atoms. The van der Waals surface area contributed by atoms with E-state index in [1.54, 1.807) is 0 Å². The Morgan fingerprint density at radius 1 is 0.286 bits per heavy atom. The van der Waals surface area contributed by atoms with E-state index in [1.807, 2.05) is 0 Å². The summed E-state index contributed by atoms with van der Waals surface area (Å²) < 4.78 is 0. The van der Waals surface area contributed by atoms with E-state index in [4.69, 9.17) is 0 Å². The Bertz CT molecular complexity index is 2830. The van der Waals surface area contributed by atoms with Crippen LogP contribution in [0.3, 0.4) is 0 Å². The lowest BCUT2D eigenvalue weighted by atomic mass is 9.78. The number of hydrogen-bond acceptors (Lipinski definition) is 1. The summed E-state index contributed by atoms with van der Waals surface area (Å²) in [6, 6.07) is 66.0. The fourth-order valence-electron chi connectivity index (χ4n) is 8.75. The second kappa shape index (κ2) is 16.5. The molecule has 1 heteroatoms. The van der Waals surface area contributed by atoms with E-state index in [0.717, 1.165) is 17.1 Å². The lowest BCUT2D eigenvalue weighted by Crippen LogP contribution is -2.19. The molecule has 63 heavy (non-hydrogen) atoms. The third-order valence-electron chi connectivity index (χ3n) is 12.7. The van der Waals surface area contributed by atoms with Crippen molar-refractivity contribution in [2.24, 2.45) is 0 Å². The van der Waals surface area contributed by atoms with Crippen LogP contribution < -0.4 is 4.90 Å². The van der Waals surface area contributed by atoms with E-state index in [-0.39, 0.29) is 21.7 Å². The van der Waals surface area contributed by atoms with Crippen LogP contribution in [0.1, 0.15) is 105 Å². The van der Waals surface area contributed by atoms with E-state index in [1.165, 1.54) is 77.5 Å². The Hall–Kier alpha value is -6.18. The van der Waals surface area contributed by atoms with E-state index < -0.39 is 0 Å². The predicted molar refractivity (Wildman–Crippen MR) is 275 cm³/mol. The van der Waals surface area contributed by atoms with Crippen LogP contribution in [0.15, 0.2) is 176 Å². The summed E-state index contributed by atoms with van der Waals surface area (Å²) in [5.74, 6) is 0. The van der Waals surface area contributed by atoms with Crippen LogP contribution in [0.2, 0.25) is 0 Å². The molecule has 0 heterocycles. The first-order valence-corrected chi connectivity index (χ1v) is 22.8. The Morgan fingerprint density at radius 2 is 0.683 bits per heavy atom. The van der Waals surface area contributed by atoms with E-state index in [2.05, 4.69) is 264 Å². The van der Waals surface area contributed by atoms with Crippen molar-refractivity contribution in [1.29, 1.82) is 0 Å². The molecule has 0 N–H and O–H groups in total. The standard InChI is InChI=1S/C62H65N/c1-59(2,3)47-36-46(37-48(38-47)60(4,5)6)53-28-20-24-45-25-21-29-55(58(45)53)54-27-17-19-31-57(54)63(51-40-49(61(7,8)9)39-50(41-51)62(10,11)12)56-30-18-16-26-52(56)44-34-32-43(33-35-44)42-22-14-13-15-23-42/h13-41H,1-12H3. The van der Waals surface area contributed by atoms with Crippen molar-refractivity contribution in [3.63, 3.8) is 0 Å². The molecule has 318 valence electrons. The summed E-state index contributed by atoms with van der Waals surface area (Å²) in [7, 11) is 0. The molecule has 8 aromatic carbocycles. The lowest BCUT2D eigenvalue weighted by Gasteiger charge is -2.33. The molecule has 0 aromatic heterocycles. The van der Waals surface area contributed by atoms with Gasteiger partial charge in [0.1, 0.15) is 0 Å². The molecular formula is C62H65N. The van der Waals surface area contributed by atoms with Crippen LogP contribution in [0.5, 0.6) is 0 Å². The largest absolute Gasteiger partial charge is 0.309 e. The molecular weight excluding hydrogens is 759 g/mol. The van der Waals surface area contributed by atoms with Gasteiger partial charge in [-0.3, -0.25) is 0 Å². The van der Waals surface area contributed by atoms with Gasteiger partial charge in [0.2, 0.25) is 0 Å². The minimum Gasteiger partial charge on any atom is -0.309 e. The summed E-state index contributed by atoms with van der Waals surface area (Å²) >= 11 is 0. The maximum Gasteiger partial charge on any atom is 0.0540 e. The summed E-state index contributed by atoms with van der Waals surface area (Å²) in [5, 5.41) is 2.50. The molecule has 0 aliphatic carbocycles. The van der Waals surface area contributed by atoms with Gasteiger partial charge in [0.25, 0.3) is 0 Å². The zero-order chi connectivity index (χ0) is 44.9. The van der Waals surface area contributed by atoms with Gasteiger partial charge in [-0.05, 0) is 112 Å². The summed E-state index contributed by atoms with van der Waals surface area (Å²) in [4.78, 5) is 2.54. The molecule has 0 radical (unpaired) electrons. The van der Waals surface area contributed by atoms with Gasteiger partial charge < -0.3 is 4.90 Å². The number of hydrogen-bond donors (Lipinski definition) is 0. The highest BCUT2D eigenvalue weighted by Crippen LogP contribution is 2.49. The molecule has 1 nitrogen and oxygen atoms in total. The highest BCUT2D eigenvalue weighted by Gasteiger charge is 2.27. The minimum atomic E-state index is -0.0635. The quantitative estimate of drug-likeness (QED) is 0.155. The van der Waals surface area contributed by atoms with E-state index in [9.17, 15) is 0 Å². The van der Waals surface area contributed by atoms with E-state index >= 15 is 0 Å². The van der Waals surface area contributed by atoms with E-state index in [0.29, 0.717) is 0 Å². The van der Waals surface area contributed by atoms with Crippen molar-refractivity contribution in [3.05, 3.63) is 198 Å². The Kier molecular flexibility index (Phi) is 11.4. The molecule has 0 aliphatic heterocycles. The molecule has 8 rings (SSSR count). The zero-order valence-electron chi connectivity index (χ0n) is 39.7. The fourth-order valence-corrected chi connectivity index (χ4v) is 8.75. The molecule has 0 aliphatic rings. The Morgan fingerprint density at radius 3 is 1.21 bits per heavy atom. The average molecular weight is 824 g/mol. The van der Waals surface area contributed by atoms with Gasteiger partial charge in [0, 0.05) is 16.8 Å². The molecule has 0 amide bonds. The van der Waals surface area contributed by atoms with Crippen LogP contribution in [-0.4, -0.2) is 0 Å². The molecule has 0 unspecified atom stereocenters. The number of benzene rings is 8. The number of nitrogens with zero attached hydrogens (tertiary/aromatic N) is 1. The van der Waals surface area contributed by atoms with Crippen molar-refractivity contribution >= 4 is 27.8 Å². The van der Waals surface area contributed by atoms with Crippen LogP contribution in [0.4, 0.5) is 17.1 Å². The first-order valence-electron chi connectivity index (χ1n) is 22.8. The third-order valence-corrected chi connectivity index (χ3v) is 12.7. The zero-order valence-corrected chi connectivity index (χ0v) is 39.7. The Labute approximate surface area is 378 Å². The minimum absolute atomic E-state index is 0.000711. The fraction of sp³-hybridized carbons (Fsp3) is 0.258. The van der Waals surface area contributed by atoms with Crippen LogP contribution in [0.25, 0.3) is 55.3 Å². The first kappa shape index (κ1) is 43.5. The number of para-hydroxylation sites is 2.